The highest BCUT2D eigenvalue weighted by atomic mass is 32.2. The Hall–Kier alpha value is -2.70. The quantitative estimate of drug-likeness (QED) is 0.525. The molecule has 2 aliphatic rings. The highest BCUT2D eigenvalue weighted by molar-refractivity contribution is 7.86. The second-order valence-electron chi connectivity index (χ2n) is 5.87. The van der Waals surface area contributed by atoms with Crippen molar-refractivity contribution < 1.29 is 13.0 Å². The van der Waals surface area contributed by atoms with Crippen LogP contribution in [0.3, 0.4) is 0 Å². The van der Waals surface area contributed by atoms with Gasteiger partial charge in [-0.3, -0.25) is 4.55 Å². The summed E-state index contributed by atoms with van der Waals surface area (Å²) >= 11 is 0. The van der Waals surface area contributed by atoms with Crippen molar-refractivity contribution in [3.05, 3.63) is 47.8 Å². The number of piperazine rings is 1. The smallest absolute Gasteiger partial charge is 0.291 e. The van der Waals surface area contributed by atoms with Crippen LogP contribution in [-0.2, 0) is 10.1 Å². The number of allylic oxidation sites excluding steroid dienone is 1. The lowest BCUT2D eigenvalue weighted by molar-refractivity contribution is 0.325. The molecule has 4 N–H and O–H groups in total. The van der Waals surface area contributed by atoms with Crippen LogP contribution in [0.25, 0.3) is 0 Å². The van der Waals surface area contributed by atoms with Gasteiger partial charge in [0.25, 0.3) is 10.1 Å². The van der Waals surface area contributed by atoms with Crippen molar-refractivity contribution in [1.82, 2.24) is 10.2 Å². The summed E-state index contributed by atoms with van der Waals surface area (Å²) in [4.78, 5) is 4.16. The van der Waals surface area contributed by atoms with Gasteiger partial charge in [0.2, 0.25) is 0 Å². The van der Waals surface area contributed by atoms with E-state index < -0.39 is 15.5 Å². The Balaban J connectivity index is 1.77. The molecule has 8 nitrogen and oxygen atoms in total. The van der Waals surface area contributed by atoms with E-state index in [1.54, 1.807) is 6.08 Å². The first-order valence-electron chi connectivity index (χ1n) is 7.79. The molecule has 1 aromatic rings. The van der Waals surface area contributed by atoms with Crippen LogP contribution in [0.5, 0.6) is 0 Å². The standard InChI is InChI=1S/C16H19N5O3S/c17-11-14-15(5-6-19-16(14)25(22,23)24)21-9-7-20(8-10-21)13-3-1-12(18)2-4-13/h1-6,16,19H,7-10,18H2,(H,22,23,24). The Kier molecular flexibility index (Phi) is 4.57. The molecule has 9 heteroatoms. The van der Waals surface area contributed by atoms with Gasteiger partial charge in [-0.2, -0.15) is 13.7 Å². The van der Waals surface area contributed by atoms with Crippen LogP contribution in [0.4, 0.5) is 11.4 Å². The highest BCUT2D eigenvalue weighted by Crippen LogP contribution is 2.24. The Labute approximate surface area is 146 Å². The second kappa shape index (κ2) is 6.66. The molecule has 2 heterocycles. The lowest BCUT2D eigenvalue weighted by Gasteiger charge is -2.39. The van der Waals surface area contributed by atoms with E-state index in [-0.39, 0.29) is 5.57 Å². The van der Waals surface area contributed by atoms with E-state index in [0.717, 1.165) is 18.8 Å². The molecule has 25 heavy (non-hydrogen) atoms. The number of nitrogen functional groups attached to an aromatic ring is 1. The maximum Gasteiger partial charge on any atom is 0.291 e. The molecular formula is C16H19N5O3S. The van der Waals surface area contributed by atoms with Crippen LogP contribution in [0.15, 0.2) is 47.8 Å². The van der Waals surface area contributed by atoms with Gasteiger partial charge in [0.05, 0.1) is 11.3 Å². The minimum atomic E-state index is -4.41. The number of hydrogen-bond donors (Lipinski definition) is 3. The van der Waals surface area contributed by atoms with Crippen molar-refractivity contribution in [2.45, 2.75) is 5.37 Å². The van der Waals surface area contributed by atoms with Gasteiger partial charge >= 0.3 is 0 Å². The lowest BCUT2D eigenvalue weighted by Crippen LogP contribution is -2.47. The molecule has 1 unspecified atom stereocenters. The SMILES string of the molecule is N#CC1=C(N2CCN(c3ccc(N)cc3)CC2)C=CNC1S(=O)(=O)O. The number of nitriles is 1. The number of hydrogen-bond acceptors (Lipinski definition) is 7. The summed E-state index contributed by atoms with van der Waals surface area (Å²) in [6.07, 6.45) is 3.11. The molecule has 132 valence electrons. The minimum absolute atomic E-state index is 0.00550. The van der Waals surface area contributed by atoms with Crippen LogP contribution < -0.4 is 16.0 Å². The maximum atomic E-state index is 11.5. The number of benzene rings is 1. The van der Waals surface area contributed by atoms with Crippen LogP contribution in [-0.4, -0.2) is 49.4 Å². The molecule has 0 aliphatic carbocycles. The minimum Gasteiger partial charge on any atom is -0.399 e. The normalized spacial score (nSPS) is 21.0. The predicted molar refractivity (Wildman–Crippen MR) is 94.9 cm³/mol. The van der Waals surface area contributed by atoms with E-state index >= 15 is 0 Å². The molecule has 1 saturated heterocycles. The van der Waals surface area contributed by atoms with Gasteiger partial charge in [0, 0.05) is 37.6 Å². The van der Waals surface area contributed by atoms with Crippen molar-refractivity contribution in [3.63, 3.8) is 0 Å². The van der Waals surface area contributed by atoms with Crippen molar-refractivity contribution in [1.29, 1.82) is 5.26 Å². The largest absolute Gasteiger partial charge is 0.399 e. The summed E-state index contributed by atoms with van der Waals surface area (Å²) in [5.41, 5.74) is 8.02. The van der Waals surface area contributed by atoms with Crippen molar-refractivity contribution in [3.8, 4) is 6.07 Å². The first kappa shape index (κ1) is 17.1. The fourth-order valence-corrected chi connectivity index (χ4v) is 3.76. The van der Waals surface area contributed by atoms with Gasteiger partial charge in [-0.25, -0.2) is 0 Å². The van der Waals surface area contributed by atoms with Crippen LogP contribution >= 0.6 is 0 Å². The molecule has 2 aliphatic heterocycles. The van der Waals surface area contributed by atoms with Gasteiger partial charge in [0.1, 0.15) is 6.07 Å². The fraction of sp³-hybridized carbons (Fsp3) is 0.312. The number of anilines is 2. The van der Waals surface area contributed by atoms with Gasteiger partial charge in [-0.15, -0.1) is 0 Å². The molecule has 0 spiro atoms. The molecular weight excluding hydrogens is 342 g/mol. The van der Waals surface area contributed by atoms with Gasteiger partial charge in [0.15, 0.2) is 5.37 Å². The first-order valence-corrected chi connectivity index (χ1v) is 9.29. The topological polar surface area (TPSA) is 123 Å². The summed E-state index contributed by atoms with van der Waals surface area (Å²) in [7, 11) is -4.41. The van der Waals surface area contributed by atoms with Crippen LogP contribution in [0.2, 0.25) is 0 Å². The van der Waals surface area contributed by atoms with Gasteiger partial charge in [-0.1, -0.05) is 0 Å². The summed E-state index contributed by atoms with van der Waals surface area (Å²) < 4.78 is 32.3. The van der Waals surface area contributed by atoms with Crippen LogP contribution in [0.1, 0.15) is 0 Å². The molecule has 0 radical (unpaired) electrons. The van der Waals surface area contributed by atoms with Gasteiger partial charge < -0.3 is 20.9 Å². The lowest BCUT2D eigenvalue weighted by atomic mass is 10.1. The van der Waals surface area contributed by atoms with Gasteiger partial charge in [-0.05, 0) is 36.5 Å². The number of rotatable bonds is 3. The molecule has 3 rings (SSSR count). The third-order valence-corrected chi connectivity index (χ3v) is 5.29. The summed E-state index contributed by atoms with van der Waals surface area (Å²) in [5.74, 6) is 0. The molecule has 0 aromatic heterocycles. The molecule has 1 aromatic carbocycles. The van der Waals surface area contributed by atoms with E-state index in [0.29, 0.717) is 24.5 Å². The van der Waals surface area contributed by atoms with E-state index in [9.17, 15) is 18.2 Å². The van der Waals surface area contributed by atoms with E-state index in [1.165, 1.54) is 6.20 Å². The Morgan fingerprint density at radius 2 is 1.76 bits per heavy atom. The summed E-state index contributed by atoms with van der Waals surface area (Å²) in [6.45, 7) is 2.72. The molecule has 1 atom stereocenters. The number of dihydropyridines is 1. The molecule has 0 saturated carbocycles. The van der Waals surface area contributed by atoms with Crippen molar-refractivity contribution in [2.24, 2.45) is 0 Å². The zero-order valence-corrected chi connectivity index (χ0v) is 14.3. The zero-order valence-electron chi connectivity index (χ0n) is 13.5. The maximum absolute atomic E-state index is 11.5. The monoisotopic (exact) mass is 361 g/mol. The van der Waals surface area contributed by atoms with E-state index in [2.05, 4.69) is 10.2 Å². The summed E-state index contributed by atoms with van der Waals surface area (Å²) in [6, 6.07) is 9.54. The number of nitrogens with two attached hydrogens (primary N) is 1. The summed E-state index contributed by atoms with van der Waals surface area (Å²) in [5, 5.41) is 10.5. The molecule has 0 bridgehead atoms. The zero-order chi connectivity index (χ0) is 18.0. The van der Waals surface area contributed by atoms with Crippen LogP contribution in [0, 0.1) is 11.3 Å². The Morgan fingerprint density at radius 1 is 1.16 bits per heavy atom. The highest BCUT2D eigenvalue weighted by Gasteiger charge is 2.33. The third kappa shape index (κ3) is 3.55. The fourth-order valence-electron chi connectivity index (χ4n) is 3.04. The average molecular weight is 361 g/mol. The van der Waals surface area contributed by atoms with Crippen molar-refractivity contribution >= 4 is 21.5 Å². The second-order valence-corrected chi connectivity index (χ2v) is 7.37. The molecule has 0 amide bonds. The predicted octanol–water partition coefficient (Wildman–Crippen LogP) is 0.499. The van der Waals surface area contributed by atoms with E-state index in [4.69, 9.17) is 5.73 Å². The third-order valence-electron chi connectivity index (χ3n) is 4.32. The number of nitrogens with zero attached hydrogens (tertiary/aromatic N) is 3. The first-order chi connectivity index (χ1) is 11.9. The molecule has 1 fully saturated rings. The Morgan fingerprint density at radius 3 is 2.32 bits per heavy atom. The average Bonchev–Trinajstić information content (AvgIpc) is 2.61. The Bertz CT molecular complexity index is 847. The van der Waals surface area contributed by atoms with E-state index in [1.807, 2.05) is 35.2 Å². The van der Waals surface area contributed by atoms with Crippen molar-refractivity contribution in [2.75, 3.05) is 36.8 Å². The number of nitrogens with one attached hydrogen (secondary N) is 1.